The normalized spacial score (nSPS) is 9.83. The monoisotopic (exact) mass is 322 g/mol. The molecule has 0 aliphatic rings. The fourth-order valence-corrected chi connectivity index (χ4v) is 2.10. The van der Waals surface area contributed by atoms with Crippen molar-refractivity contribution in [2.24, 2.45) is 0 Å². The molecule has 0 atom stereocenters. The van der Waals surface area contributed by atoms with Gasteiger partial charge in [0, 0.05) is 4.47 Å². The molecule has 0 fully saturated rings. The summed E-state index contributed by atoms with van der Waals surface area (Å²) < 4.78 is 6.48. The van der Waals surface area contributed by atoms with E-state index >= 15 is 0 Å². The van der Waals surface area contributed by atoms with Gasteiger partial charge in [-0.2, -0.15) is 5.26 Å². The number of ether oxygens (including phenoxy) is 1. The summed E-state index contributed by atoms with van der Waals surface area (Å²) in [5.41, 5.74) is 6.68. The summed E-state index contributed by atoms with van der Waals surface area (Å²) in [5, 5.41) is 9.22. The molecule has 0 aliphatic carbocycles. The highest BCUT2D eigenvalue weighted by Crippen LogP contribution is 2.34. The van der Waals surface area contributed by atoms with E-state index in [0.717, 1.165) is 4.47 Å². The van der Waals surface area contributed by atoms with Gasteiger partial charge in [0.15, 0.2) is 0 Å². The summed E-state index contributed by atoms with van der Waals surface area (Å²) >= 11 is 9.36. The molecule has 0 radical (unpaired) electrons. The van der Waals surface area contributed by atoms with E-state index in [1.54, 1.807) is 30.3 Å². The number of hydrogen-bond donors (Lipinski definition) is 1. The third-order valence-electron chi connectivity index (χ3n) is 2.25. The smallest absolute Gasteiger partial charge is 0.150 e. The molecule has 2 N–H and O–H groups in total. The van der Waals surface area contributed by atoms with E-state index in [1.807, 2.05) is 12.1 Å². The second kappa shape index (κ2) is 5.30. The predicted octanol–water partition coefficient (Wildman–Crippen LogP) is 4.35. The third-order valence-corrected chi connectivity index (χ3v) is 3.04. The first-order valence-electron chi connectivity index (χ1n) is 5.02. The van der Waals surface area contributed by atoms with Gasteiger partial charge < -0.3 is 10.5 Å². The highest BCUT2D eigenvalue weighted by atomic mass is 79.9. The topological polar surface area (TPSA) is 59.0 Å². The number of nitrogens with two attached hydrogens (primary N) is 1. The fourth-order valence-electron chi connectivity index (χ4n) is 1.39. The van der Waals surface area contributed by atoms with Gasteiger partial charge in [0.1, 0.15) is 11.5 Å². The SMILES string of the molecule is N#Cc1ccc(Oc2ccc(Br)cc2Cl)c(N)c1. The Hall–Kier alpha value is -1.70. The van der Waals surface area contributed by atoms with E-state index in [1.165, 1.54) is 0 Å². The number of nitrogen functional groups attached to an aromatic ring is 1. The van der Waals surface area contributed by atoms with Gasteiger partial charge in [0.05, 0.1) is 22.3 Å². The first kappa shape index (κ1) is 12.7. The van der Waals surface area contributed by atoms with E-state index in [2.05, 4.69) is 15.9 Å². The van der Waals surface area contributed by atoms with Crippen LogP contribution in [0, 0.1) is 11.3 Å². The first-order chi connectivity index (χ1) is 8.60. The minimum atomic E-state index is 0.396. The molecule has 0 heterocycles. The van der Waals surface area contributed by atoms with Gasteiger partial charge in [-0.3, -0.25) is 0 Å². The Labute approximate surface area is 118 Å². The van der Waals surface area contributed by atoms with Crippen LogP contribution in [0.2, 0.25) is 5.02 Å². The van der Waals surface area contributed by atoms with Gasteiger partial charge in [-0.25, -0.2) is 0 Å². The van der Waals surface area contributed by atoms with Crippen LogP contribution < -0.4 is 10.5 Å². The third kappa shape index (κ3) is 2.76. The van der Waals surface area contributed by atoms with Crippen molar-refractivity contribution in [2.75, 3.05) is 5.73 Å². The molecule has 18 heavy (non-hydrogen) atoms. The average molecular weight is 324 g/mol. The predicted molar refractivity (Wildman–Crippen MR) is 74.8 cm³/mol. The zero-order valence-electron chi connectivity index (χ0n) is 9.15. The van der Waals surface area contributed by atoms with Crippen molar-refractivity contribution >= 4 is 33.2 Å². The van der Waals surface area contributed by atoms with E-state index < -0.39 is 0 Å². The van der Waals surface area contributed by atoms with Crippen LogP contribution in [-0.2, 0) is 0 Å². The van der Waals surface area contributed by atoms with Crippen molar-refractivity contribution in [3.63, 3.8) is 0 Å². The highest BCUT2D eigenvalue weighted by molar-refractivity contribution is 9.10. The number of anilines is 1. The second-order valence-corrected chi connectivity index (χ2v) is 4.86. The van der Waals surface area contributed by atoms with Crippen molar-refractivity contribution in [2.45, 2.75) is 0 Å². The Kier molecular flexibility index (Phi) is 3.75. The van der Waals surface area contributed by atoms with Crippen LogP contribution >= 0.6 is 27.5 Å². The molecule has 0 unspecified atom stereocenters. The summed E-state index contributed by atoms with van der Waals surface area (Å²) in [4.78, 5) is 0. The standard InChI is InChI=1S/C13H8BrClN2O/c14-9-2-4-12(10(15)6-9)18-13-3-1-8(7-16)5-11(13)17/h1-6H,17H2. The highest BCUT2D eigenvalue weighted by Gasteiger charge is 2.07. The molecule has 3 nitrogen and oxygen atoms in total. The van der Waals surface area contributed by atoms with E-state index in [0.29, 0.717) is 27.8 Å². The molecule has 0 aromatic heterocycles. The molecule has 5 heteroatoms. The van der Waals surface area contributed by atoms with Gasteiger partial charge >= 0.3 is 0 Å². The summed E-state index contributed by atoms with van der Waals surface area (Å²) in [5.74, 6) is 0.981. The molecular weight excluding hydrogens is 316 g/mol. The summed E-state index contributed by atoms with van der Waals surface area (Å²) in [6, 6.07) is 12.1. The Morgan fingerprint density at radius 3 is 2.50 bits per heavy atom. The number of benzene rings is 2. The largest absolute Gasteiger partial charge is 0.454 e. The molecule has 0 aliphatic heterocycles. The van der Waals surface area contributed by atoms with Gasteiger partial charge in [-0.1, -0.05) is 27.5 Å². The van der Waals surface area contributed by atoms with Gasteiger partial charge in [0.2, 0.25) is 0 Å². The Bertz CT molecular complexity index is 637. The molecule has 90 valence electrons. The van der Waals surface area contributed by atoms with Crippen LogP contribution in [0.5, 0.6) is 11.5 Å². The molecule has 2 aromatic rings. The number of halogens is 2. The van der Waals surface area contributed by atoms with Crippen LogP contribution in [0.3, 0.4) is 0 Å². The van der Waals surface area contributed by atoms with Crippen molar-refractivity contribution in [3.8, 4) is 17.6 Å². The fraction of sp³-hybridized carbons (Fsp3) is 0. The lowest BCUT2D eigenvalue weighted by Crippen LogP contribution is -1.93. The molecular formula is C13H8BrClN2O. The van der Waals surface area contributed by atoms with Crippen molar-refractivity contribution < 1.29 is 4.74 Å². The van der Waals surface area contributed by atoms with Crippen LogP contribution in [0.4, 0.5) is 5.69 Å². The lowest BCUT2D eigenvalue weighted by molar-refractivity contribution is 0.485. The van der Waals surface area contributed by atoms with Crippen molar-refractivity contribution in [3.05, 3.63) is 51.5 Å². The van der Waals surface area contributed by atoms with Gasteiger partial charge in [-0.05, 0) is 36.4 Å². The number of nitriles is 1. The molecule has 0 saturated heterocycles. The second-order valence-electron chi connectivity index (χ2n) is 3.54. The average Bonchev–Trinajstić information content (AvgIpc) is 2.34. The molecule has 2 rings (SSSR count). The number of rotatable bonds is 2. The molecule has 2 aromatic carbocycles. The van der Waals surface area contributed by atoms with Crippen LogP contribution in [0.25, 0.3) is 0 Å². The minimum Gasteiger partial charge on any atom is -0.454 e. The molecule has 0 spiro atoms. The molecule has 0 bridgehead atoms. The lowest BCUT2D eigenvalue weighted by atomic mass is 10.2. The lowest BCUT2D eigenvalue weighted by Gasteiger charge is -2.10. The Balaban J connectivity index is 2.32. The summed E-state index contributed by atoms with van der Waals surface area (Å²) in [6.07, 6.45) is 0. The number of nitrogens with zero attached hydrogens (tertiary/aromatic N) is 1. The first-order valence-corrected chi connectivity index (χ1v) is 6.20. The Morgan fingerprint density at radius 2 is 1.89 bits per heavy atom. The van der Waals surface area contributed by atoms with Gasteiger partial charge in [0.25, 0.3) is 0 Å². The van der Waals surface area contributed by atoms with Crippen molar-refractivity contribution in [1.82, 2.24) is 0 Å². The van der Waals surface area contributed by atoms with Crippen molar-refractivity contribution in [1.29, 1.82) is 5.26 Å². The van der Waals surface area contributed by atoms with Crippen LogP contribution in [-0.4, -0.2) is 0 Å². The molecule has 0 amide bonds. The summed E-state index contributed by atoms with van der Waals surface area (Å²) in [6.45, 7) is 0. The van der Waals surface area contributed by atoms with Crippen LogP contribution in [0.15, 0.2) is 40.9 Å². The minimum absolute atomic E-state index is 0.396. The van der Waals surface area contributed by atoms with E-state index in [9.17, 15) is 0 Å². The Morgan fingerprint density at radius 1 is 1.17 bits per heavy atom. The van der Waals surface area contributed by atoms with Crippen LogP contribution in [0.1, 0.15) is 5.56 Å². The number of hydrogen-bond acceptors (Lipinski definition) is 3. The summed E-state index contributed by atoms with van der Waals surface area (Å²) in [7, 11) is 0. The quantitative estimate of drug-likeness (QED) is 0.836. The maximum Gasteiger partial charge on any atom is 0.150 e. The zero-order valence-corrected chi connectivity index (χ0v) is 11.5. The zero-order chi connectivity index (χ0) is 13.1. The maximum atomic E-state index is 8.74. The van der Waals surface area contributed by atoms with Gasteiger partial charge in [-0.15, -0.1) is 0 Å². The maximum absolute atomic E-state index is 8.74. The molecule has 0 saturated carbocycles. The van der Waals surface area contributed by atoms with E-state index in [4.69, 9.17) is 27.3 Å². The van der Waals surface area contributed by atoms with E-state index in [-0.39, 0.29) is 0 Å².